The van der Waals surface area contributed by atoms with Crippen LogP contribution < -0.4 is 4.74 Å². The minimum atomic E-state index is -2.79. The molecule has 0 unspecified atom stereocenters. The summed E-state index contributed by atoms with van der Waals surface area (Å²) in [6, 6.07) is 7.60. The lowest BCUT2D eigenvalue weighted by atomic mass is 9.94. The second kappa shape index (κ2) is 7.98. The molecular weight excluding hydrogens is 356 g/mol. The first-order valence-electron chi connectivity index (χ1n) is 9.03. The molecule has 0 aliphatic carbocycles. The molecule has 26 heavy (non-hydrogen) atoms. The van der Waals surface area contributed by atoms with Gasteiger partial charge >= 0.3 is 6.61 Å². The molecule has 3 fully saturated rings. The van der Waals surface area contributed by atoms with Crippen LogP contribution in [0.25, 0.3) is 0 Å². The Kier molecular flexibility index (Phi) is 5.47. The van der Waals surface area contributed by atoms with Gasteiger partial charge in [-0.25, -0.2) is 4.98 Å². The summed E-state index contributed by atoms with van der Waals surface area (Å²) in [5, 5.41) is 2.11. The minimum Gasteiger partial charge on any atom is -0.434 e. The van der Waals surface area contributed by atoms with Crippen LogP contribution in [-0.4, -0.2) is 47.1 Å². The Balaban J connectivity index is 1.45. The number of alkyl halides is 2. The van der Waals surface area contributed by atoms with Crippen molar-refractivity contribution in [1.82, 2.24) is 14.8 Å². The van der Waals surface area contributed by atoms with Crippen molar-refractivity contribution in [2.24, 2.45) is 5.92 Å². The van der Waals surface area contributed by atoms with Crippen LogP contribution in [0.2, 0.25) is 0 Å². The standard InChI is InChI=1S/C19H23F2N3OS/c20-19(21)25-18-4-2-1-3-15(18)9-24-8-14-5-6-17(24)11-23(7-14)10-16-12-26-13-22-16/h1-4,12-14,17,19H,5-11H2/t14-,17+/m1/s1. The normalized spacial score (nSPS) is 24.1. The lowest BCUT2D eigenvalue weighted by Crippen LogP contribution is -2.43. The van der Waals surface area contributed by atoms with Gasteiger partial charge in [-0.1, -0.05) is 18.2 Å². The van der Waals surface area contributed by atoms with E-state index in [0.29, 0.717) is 24.3 Å². The lowest BCUT2D eigenvalue weighted by molar-refractivity contribution is -0.0509. The Bertz CT molecular complexity index is 713. The highest BCUT2D eigenvalue weighted by atomic mass is 32.1. The molecule has 0 amide bonds. The van der Waals surface area contributed by atoms with Crippen molar-refractivity contribution < 1.29 is 13.5 Å². The van der Waals surface area contributed by atoms with Crippen LogP contribution in [0.15, 0.2) is 35.2 Å². The van der Waals surface area contributed by atoms with Crippen molar-refractivity contribution in [2.45, 2.75) is 38.6 Å². The van der Waals surface area contributed by atoms with Crippen molar-refractivity contribution in [3.05, 3.63) is 46.4 Å². The number of aromatic nitrogens is 1. The Hall–Kier alpha value is -1.57. The highest BCUT2D eigenvalue weighted by Crippen LogP contribution is 2.31. The minimum absolute atomic E-state index is 0.293. The fourth-order valence-electron chi connectivity index (χ4n) is 4.21. The molecule has 0 radical (unpaired) electrons. The van der Waals surface area contributed by atoms with E-state index in [-0.39, 0.29) is 0 Å². The summed E-state index contributed by atoms with van der Waals surface area (Å²) in [6.07, 6.45) is 2.40. The maximum Gasteiger partial charge on any atom is 0.387 e. The summed E-state index contributed by atoms with van der Waals surface area (Å²) in [4.78, 5) is 9.36. The topological polar surface area (TPSA) is 28.6 Å². The molecule has 4 nitrogen and oxygen atoms in total. The van der Waals surface area contributed by atoms with E-state index >= 15 is 0 Å². The number of rotatable bonds is 6. The number of benzene rings is 1. The van der Waals surface area contributed by atoms with Gasteiger partial charge in [0.1, 0.15) is 5.75 Å². The van der Waals surface area contributed by atoms with E-state index in [2.05, 4.69) is 20.2 Å². The Morgan fingerprint density at radius 2 is 2.04 bits per heavy atom. The molecule has 140 valence electrons. The number of thiazole rings is 1. The number of piperidine rings is 1. The maximum atomic E-state index is 12.7. The van der Waals surface area contributed by atoms with Gasteiger partial charge in [-0.15, -0.1) is 11.3 Å². The molecule has 0 N–H and O–H groups in total. The van der Waals surface area contributed by atoms with Gasteiger partial charge in [0.25, 0.3) is 0 Å². The first-order valence-corrected chi connectivity index (χ1v) is 9.98. The van der Waals surface area contributed by atoms with Crippen molar-refractivity contribution >= 4 is 11.3 Å². The van der Waals surface area contributed by atoms with Crippen LogP contribution >= 0.6 is 11.3 Å². The Morgan fingerprint density at radius 1 is 1.15 bits per heavy atom. The number of fused-ring (bicyclic) bond motifs is 4. The van der Waals surface area contributed by atoms with Gasteiger partial charge in [0.2, 0.25) is 0 Å². The molecule has 1 aromatic carbocycles. The lowest BCUT2D eigenvalue weighted by Gasteiger charge is -2.36. The highest BCUT2D eigenvalue weighted by Gasteiger charge is 2.35. The van der Waals surface area contributed by atoms with Crippen molar-refractivity contribution in [2.75, 3.05) is 19.6 Å². The van der Waals surface area contributed by atoms with Crippen LogP contribution in [-0.2, 0) is 13.1 Å². The largest absolute Gasteiger partial charge is 0.434 e. The molecule has 0 spiro atoms. The molecule has 3 aliphatic heterocycles. The van der Waals surface area contributed by atoms with Gasteiger partial charge in [-0.05, 0) is 24.8 Å². The smallest absolute Gasteiger partial charge is 0.387 e. The van der Waals surface area contributed by atoms with E-state index in [9.17, 15) is 8.78 Å². The Morgan fingerprint density at radius 3 is 2.85 bits per heavy atom. The summed E-state index contributed by atoms with van der Waals surface area (Å²) < 4.78 is 30.1. The van der Waals surface area contributed by atoms with Gasteiger partial charge < -0.3 is 4.74 Å². The molecular formula is C19H23F2N3OS. The first kappa shape index (κ1) is 17.8. The van der Waals surface area contributed by atoms with Crippen molar-refractivity contribution in [1.29, 1.82) is 0 Å². The third-order valence-electron chi connectivity index (χ3n) is 5.33. The second-order valence-electron chi connectivity index (χ2n) is 7.19. The molecule has 0 saturated carbocycles. The predicted octanol–water partition coefficient (Wildman–Crippen LogP) is 3.84. The van der Waals surface area contributed by atoms with Gasteiger partial charge in [0.05, 0.1) is 11.2 Å². The van der Waals surface area contributed by atoms with Crippen LogP contribution in [0.4, 0.5) is 8.78 Å². The zero-order chi connectivity index (χ0) is 17.9. The zero-order valence-electron chi connectivity index (χ0n) is 14.6. The zero-order valence-corrected chi connectivity index (χ0v) is 15.4. The van der Waals surface area contributed by atoms with Crippen molar-refractivity contribution in [3.63, 3.8) is 0 Å². The van der Waals surface area contributed by atoms with E-state index in [0.717, 1.165) is 43.9 Å². The number of nitrogens with zero attached hydrogens (tertiary/aromatic N) is 3. The summed E-state index contributed by atoms with van der Waals surface area (Å²) in [6.45, 7) is 1.88. The molecule has 2 aromatic rings. The third kappa shape index (κ3) is 4.22. The number of halogens is 2. The molecule has 3 aliphatic rings. The molecule has 3 saturated heterocycles. The first-order chi connectivity index (χ1) is 12.7. The quantitative estimate of drug-likeness (QED) is 0.763. The third-order valence-corrected chi connectivity index (χ3v) is 5.97. The number of para-hydroxylation sites is 1. The predicted molar refractivity (Wildman–Crippen MR) is 97.4 cm³/mol. The molecule has 1 aromatic heterocycles. The molecule has 7 heteroatoms. The van der Waals surface area contributed by atoms with E-state index in [1.54, 1.807) is 23.5 Å². The summed E-state index contributed by atoms with van der Waals surface area (Å²) in [7, 11) is 0. The van der Waals surface area contributed by atoms with Gasteiger partial charge in [0, 0.05) is 49.7 Å². The van der Waals surface area contributed by atoms with Crippen LogP contribution in [0.3, 0.4) is 0 Å². The monoisotopic (exact) mass is 379 g/mol. The summed E-state index contributed by atoms with van der Waals surface area (Å²) >= 11 is 1.64. The van der Waals surface area contributed by atoms with Gasteiger partial charge in [0.15, 0.2) is 0 Å². The van der Waals surface area contributed by atoms with E-state index in [1.807, 2.05) is 17.6 Å². The maximum absolute atomic E-state index is 12.7. The average molecular weight is 379 g/mol. The number of hydrogen-bond donors (Lipinski definition) is 0. The highest BCUT2D eigenvalue weighted by molar-refractivity contribution is 7.07. The van der Waals surface area contributed by atoms with Gasteiger partial charge in [-0.3, -0.25) is 9.80 Å². The molecule has 2 atom stereocenters. The second-order valence-corrected chi connectivity index (χ2v) is 7.91. The number of ether oxygens (including phenoxy) is 1. The fraction of sp³-hybridized carbons (Fsp3) is 0.526. The van der Waals surface area contributed by atoms with Crippen LogP contribution in [0, 0.1) is 5.92 Å². The SMILES string of the molecule is FC(F)Oc1ccccc1CN1C[C@@H]2CC[C@H]1CN(Cc1cscn1)C2. The molecule has 4 heterocycles. The number of hydrogen-bond acceptors (Lipinski definition) is 5. The fourth-order valence-corrected chi connectivity index (χ4v) is 4.76. The van der Waals surface area contributed by atoms with Crippen LogP contribution in [0.5, 0.6) is 5.75 Å². The van der Waals surface area contributed by atoms with Crippen molar-refractivity contribution in [3.8, 4) is 5.75 Å². The summed E-state index contributed by atoms with van der Waals surface area (Å²) in [5.74, 6) is 0.914. The van der Waals surface area contributed by atoms with Crippen LogP contribution in [0.1, 0.15) is 24.1 Å². The molecule has 2 bridgehead atoms. The van der Waals surface area contributed by atoms with Gasteiger partial charge in [-0.2, -0.15) is 8.78 Å². The van der Waals surface area contributed by atoms with E-state index in [4.69, 9.17) is 4.74 Å². The Labute approximate surface area is 156 Å². The molecule has 5 rings (SSSR count). The van der Waals surface area contributed by atoms with E-state index in [1.165, 1.54) is 6.42 Å². The van der Waals surface area contributed by atoms with E-state index < -0.39 is 6.61 Å². The average Bonchev–Trinajstić information content (AvgIpc) is 2.96. The summed E-state index contributed by atoms with van der Waals surface area (Å²) in [5.41, 5.74) is 3.86.